The predicted octanol–water partition coefficient (Wildman–Crippen LogP) is 2.69. The molecule has 0 bridgehead atoms. The van der Waals surface area contributed by atoms with Crippen molar-refractivity contribution in [3.63, 3.8) is 0 Å². The Morgan fingerprint density at radius 2 is 1.63 bits per heavy atom. The summed E-state index contributed by atoms with van der Waals surface area (Å²) in [5.41, 5.74) is 1.88. The van der Waals surface area contributed by atoms with Gasteiger partial charge in [0.15, 0.2) is 0 Å². The van der Waals surface area contributed by atoms with Crippen LogP contribution in [0.25, 0.3) is 16.7 Å². The van der Waals surface area contributed by atoms with Gasteiger partial charge in [-0.1, -0.05) is 66.7 Å². The molecule has 0 aliphatic carbocycles. The van der Waals surface area contributed by atoms with Gasteiger partial charge in [0.1, 0.15) is 22.8 Å². The molecular weight excluding hydrogens is 482 g/mol. The minimum atomic E-state index is -0.983. The normalized spacial score (nSPS) is 11.8. The minimum Gasteiger partial charge on any atom is -0.467 e. The zero-order valence-electron chi connectivity index (χ0n) is 20.6. The molecule has 3 aromatic heterocycles. The van der Waals surface area contributed by atoms with Gasteiger partial charge in [-0.3, -0.25) is 19.4 Å². The molecular formula is C29H25N5O4. The Morgan fingerprint density at radius 1 is 0.974 bits per heavy atom. The molecule has 0 spiro atoms. The number of nitrogens with one attached hydrogen (secondary N) is 2. The van der Waals surface area contributed by atoms with Crippen LogP contribution in [0.3, 0.4) is 0 Å². The van der Waals surface area contributed by atoms with E-state index in [-0.39, 0.29) is 35.0 Å². The monoisotopic (exact) mass is 507 g/mol. The van der Waals surface area contributed by atoms with Crippen LogP contribution in [0.1, 0.15) is 21.5 Å². The van der Waals surface area contributed by atoms with Gasteiger partial charge in [0.25, 0.3) is 11.5 Å². The van der Waals surface area contributed by atoms with E-state index in [4.69, 9.17) is 10.1 Å². The molecule has 1 unspecified atom stereocenters. The van der Waals surface area contributed by atoms with Crippen LogP contribution in [0.5, 0.6) is 0 Å². The van der Waals surface area contributed by atoms with Crippen molar-refractivity contribution >= 4 is 28.6 Å². The number of carbonyl (C=O) groups excluding carboxylic acids is 2. The lowest BCUT2D eigenvalue weighted by atomic mass is 10.1. The molecule has 2 N–H and O–H groups in total. The van der Waals surface area contributed by atoms with E-state index in [1.54, 1.807) is 29.0 Å². The van der Waals surface area contributed by atoms with Crippen LogP contribution in [0.2, 0.25) is 0 Å². The third-order valence-electron chi connectivity index (χ3n) is 6.32. The number of methoxy groups -OCH3 is 1. The molecule has 9 heteroatoms. The largest absolute Gasteiger partial charge is 0.467 e. The highest BCUT2D eigenvalue weighted by Gasteiger charge is 2.25. The van der Waals surface area contributed by atoms with Gasteiger partial charge in [-0.2, -0.15) is 0 Å². The maximum Gasteiger partial charge on any atom is 0.328 e. The summed E-state index contributed by atoms with van der Waals surface area (Å²) in [6.07, 6.45) is 1.81. The number of pyridine rings is 2. The molecule has 0 fully saturated rings. The highest BCUT2D eigenvalue weighted by molar-refractivity contribution is 5.99. The van der Waals surface area contributed by atoms with Gasteiger partial charge in [0.2, 0.25) is 0 Å². The lowest BCUT2D eigenvalue weighted by Gasteiger charge is -2.18. The van der Waals surface area contributed by atoms with E-state index in [0.29, 0.717) is 11.3 Å². The summed E-state index contributed by atoms with van der Waals surface area (Å²) in [5.74, 6) is -1.28. The fraction of sp³-hybridized carbons (Fsp3) is 0.138. The Balaban J connectivity index is 1.64. The molecule has 2 aromatic carbocycles. The van der Waals surface area contributed by atoms with Crippen molar-refractivity contribution in [1.82, 2.24) is 19.3 Å². The van der Waals surface area contributed by atoms with Crippen LogP contribution in [0.15, 0.2) is 95.9 Å². The van der Waals surface area contributed by atoms with Crippen molar-refractivity contribution in [2.45, 2.75) is 19.0 Å². The van der Waals surface area contributed by atoms with Crippen LogP contribution >= 0.6 is 0 Å². The molecule has 0 radical (unpaired) electrons. The van der Waals surface area contributed by atoms with Crippen LogP contribution in [0, 0.1) is 5.41 Å². The zero-order chi connectivity index (χ0) is 26.6. The van der Waals surface area contributed by atoms with E-state index in [1.807, 2.05) is 60.7 Å². The summed E-state index contributed by atoms with van der Waals surface area (Å²) in [6.45, 7) is 0.219. The number of ether oxygens (including phenoxy) is 1. The molecule has 0 aliphatic heterocycles. The third kappa shape index (κ3) is 4.81. The fourth-order valence-corrected chi connectivity index (χ4v) is 4.40. The summed E-state index contributed by atoms with van der Waals surface area (Å²) in [4.78, 5) is 44.2. The smallest absolute Gasteiger partial charge is 0.328 e. The summed E-state index contributed by atoms with van der Waals surface area (Å²) in [7, 11) is 1.25. The molecule has 0 saturated carbocycles. The van der Waals surface area contributed by atoms with Gasteiger partial charge in [0, 0.05) is 12.6 Å². The quantitative estimate of drug-likeness (QED) is 0.259. The van der Waals surface area contributed by atoms with Crippen molar-refractivity contribution in [2.75, 3.05) is 7.11 Å². The van der Waals surface area contributed by atoms with Crippen LogP contribution in [-0.2, 0) is 22.5 Å². The number of hydrogen-bond acceptors (Lipinski definition) is 6. The molecule has 0 saturated heterocycles. The maximum atomic E-state index is 13.5. The first-order valence-corrected chi connectivity index (χ1v) is 12.0. The fourth-order valence-electron chi connectivity index (χ4n) is 4.40. The lowest BCUT2D eigenvalue weighted by molar-refractivity contribution is -0.142. The van der Waals surface area contributed by atoms with Crippen molar-refractivity contribution in [3.8, 4) is 0 Å². The summed E-state index contributed by atoms with van der Waals surface area (Å²) >= 11 is 0. The Bertz CT molecular complexity index is 1760. The van der Waals surface area contributed by atoms with E-state index < -0.39 is 17.9 Å². The van der Waals surface area contributed by atoms with Crippen molar-refractivity contribution in [2.24, 2.45) is 0 Å². The van der Waals surface area contributed by atoms with E-state index in [0.717, 1.165) is 11.1 Å². The molecule has 38 heavy (non-hydrogen) atoms. The number of rotatable bonds is 7. The Labute approximate surface area is 217 Å². The van der Waals surface area contributed by atoms with E-state index in [2.05, 4.69) is 10.3 Å². The first-order valence-electron chi connectivity index (χ1n) is 12.0. The van der Waals surface area contributed by atoms with Gasteiger partial charge in [0.05, 0.1) is 24.6 Å². The van der Waals surface area contributed by atoms with Crippen molar-refractivity contribution in [1.29, 1.82) is 5.41 Å². The average molecular weight is 508 g/mol. The van der Waals surface area contributed by atoms with Crippen molar-refractivity contribution < 1.29 is 14.3 Å². The SMILES string of the molecule is COC(=O)C(Cc1ccccc1)NC(=O)c1cc2c(=O)n3ccccc3nc2n(Cc2ccccc2)c1=N. The van der Waals surface area contributed by atoms with E-state index in [9.17, 15) is 14.4 Å². The molecule has 1 amide bonds. The van der Waals surface area contributed by atoms with Gasteiger partial charge in [-0.05, 0) is 29.3 Å². The first-order chi connectivity index (χ1) is 18.5. The van der Waals surface area contributed by atoms with Crippen molar-refractivity contribution in [3.05, 3.63) is 124 Å². The average Bonchev–Trinajstić information content (AvgIpc) is 2.95. The first kappa shape index (κ1) is 24.6. The molecule has 9 nitrogen and oxygen atoms in total. The molecule has 1 atom stereocenters. The predicted molar refractivity (Wildman–Crippen MR) is 142 cm³/mol. The number of aromatic nitrogens is 3. The Morgan fingerprint density at radius 3 is 2.32 bits per heavy atom. The highest BCUT2D eigenvalue weighted by Crippen LogP contribution is 2.13. The summed E-state index contributed by atoms with van der Waals surface area (Å²) < 4.78 is 7.86. The van der Waals surface area contributed by atoms with Gasteiger partial charge >= 0.3 is 5.97 Å². The molecule has 3 heterocycles. The van der Waals surface area contributed by atoms with E-state index in [1.165, 1.54) is 17.6 Å². The number of carbonyl (C=O) groups is 2. The number of esters is 1. The summed E-state index contributed by atoms with van der Waals surface area (Å²) in [6, 6.07) is 24.3. The summed E-state index contributed by atoms with van der Waals surface area (Å²) in [5, 5.41) is 11.8. The van der Waals surface area contributed by atoms with Gasteiger partial charge in [-0.25, -0.2) is 9.78 Å². The third-order valence-corrected chi connectivity index (χ3v) is 6.32. The Hall–Kier alpha value is -5.05. The minimum absolute atomic E-state index is 0.0508. The second kappa shape index (κ2) is 10.5. The topological polar surface area (TPSA) is 119 Å². The standard InChI is InChI=1S/C29H25N5O4/c1-38-29(37)23(16-19-10-4-2-5-11-19)31-27(35)21-17-22-26(32-24-14-8-9-15-33(24)28(22)36)34(25(21)30)18-20-12-6-3-7-13-20/h2-15,17,23,30H,16,18H2,1H3,(H,31,35). The lowest BCUT2D eigenvalue weighted by Crippen LogP contribution is -2.45. The molecule has 0 aliphatic rings. The highest BCUT2D eigenvalue weighted by atomic mass is 16.5. The van der Waals surface area contributed by atoms with Crippen LogP contribution in [-0.4, -0.2) is 39.0 Å². The van der Waals surface area contributed by atoms with Crippen LogP contribution < -0.4 is 16.4 Å². The van der Waals surface area contributed by atoms with Gasteiger partial charge < -0.3 is 14.6 Å². The number of fused-ring (bicyclic) bond motifs is 2. The maximum absolute atomic E-state index is 13.5. The number of amides is 1. The molecule has 5 aromatic rings. The molecule has 5 rings (SSSR count). The number of hydrogen-bond donors (Lipinski definition) is 2. The second-order valence-corrected chi connectivity index (χ2v) is 8.80. The number of benzene rings is 2. The van der Waals surface area contributed by atoms with E-state index >= 15 is 0 Å². The Kier molecular flexibility index (Phi) is 6.82. The van der Waals surface area contributed by atoms with Gasteiger partial charge in [-0.15, -0.1) is 0 Å². The second-order valence-electron chi connectivity index (χ2n) is 8.80. The van der Waals surface area contributed by atoms with Crippen LogP contribution in [0.4, 0.5) is 0 Å². The zero-order valence-corrected chi connectivity index (χ0v) is 20.6. The number of nitrogens with zero attached hydrogens (tertiary/aromatic N) is 3. The molecule has 190 valence electrons.